The number of hydrogen-bond donors (Lipinski definition) is 2. The predicted molar refractivity (Wildman–Crippen MR) is 120 cm³/mol. The molecule has 2 aliphatic rings. The number of carbonyl (C=O) groups is 2. The van der Waals surface area contributed by atoms with Crippen LogP contribution >= 0.6 is 11.6 Å². The number of halogens is 1. The molecule has 0 atom stereocenters. The molecule has 0 aliphatic carbocycles. The van der Waals surface area contributed by atoms with Crippen molar-refractivity contribution in [2.24, 2.45) is 0 Å². The molecule has 2 heterocycles. The average Bonchev–Trinajstić information content (AvgIpc) is 2.71. The van der Waals surface area contributed by atoms with Crippen LogP contribution in [0.2, 0.25) is 5.02 Å². The SMILES string of the molecule is CCN1c2cc(Cl)ccc2C(=O)NC12CCN(C(=O)Nc1cc(C)ccc1C)CC2. The molecule has 6 nitrogen and oxygen atoms in total. The van der Waals surface area contributed by atoms with Gasteiger partial charge in [-0.25, -0.2) is 4.79 Å². The highest BCUT2D eigenvalue weighted by Gasteiger charge is 2.45. The zero-order valence-electron chi connectivity index (χ0n) is 17.6. The van der Waals surface area contributed by atoms with E-state index in [0.717, 1.165) is 29.0 Å². The van der Waals surface area contributed by atoms with Crippen molar-refractivity contribution in [2.45, 2.75) is 39.3 Å². The number of likely N-dealkylation sites (tertiary alicyclic amines) is 1. The molecular weight excluding hydrogens is 400 g/mol. The van der Waals surface area contributed by atoms with Crippen LogP contribution in [-0.4, -0.2) is 42.1 Å². The second-order valence-corrected chi connectivity index (χ2v) is 8.56. The molecule has 0 saturated carbocycles. The van der Waals surface area contributed by atoms with E-state index in [1.165, 1.54) is 0 Å². The summed E-state index contributed by atoms with van der Waals surface area (Å²) in [6, 6.07) is 11.3. The number of benzene rings is 2. The quantitative estimate of drug-likeness (QED) is 0.740. The topological polar surface area (TPSA) is 64.7 Å². The number of rotatable bonds is 2. The molecule has 0 radical (unpaired) electrons. The second-order valence-electron chi connectivity index (χ2n) is 8.13. The fourth-order valence-corrected chi connectivity index (χ4v) is 4.68. The molecule has 2 N–H and O–H groups in total. The number of carbonyl (C=O) groups excluding carboxylic acids is 2. The molecule has 2 aromatic carbocycles. The number of piperidine rings is 1. The van der Waals surface area contributed by atoms with Crippen LogP contribution in [0.1, 0.15) is 41.3 Å². The molecule has 30 heavy (non-hydrogen) atoms. The minimum Gasteiger partial charge on any atom is -0.348 e. The summed E-state index contributed by atoms with van der Waals surface area (Å²) in [6.07, 6.45) is 1.30. The molecular formula is C23H27ClN4O2. The van der Waals surface area contributed by atoms with Gasteiger partial charge in [-0.3, -0.25) is 4.79 Å². The van der Waals surface area contributed by atoms with E-state index in [9.17, 15) is 9.59 Å². The first-order valence-electron chi connectivity index (χ1n) is 10.4. The number of nitrogens with one attached hydrogen (secondary N) is 2. The van der Waals surface area contributed by atoms with Crippen LogP contribution in [0.5, 0.6) is 0 Å². The number of aryl methyl sites for hydroxylation is 2. The lowest BCUT2D eigenvalue weighted by Crippen LogP contribution is -2.68. The number of anilines is 2. The van der Waals surface area contributed by atoms with Gasteiger partial charge in [0.1, 0.15) is 5.66 Å². The van der Waals surface area contributed by atoms with E-state index < -0.39 is 5.66 Å². The first-order chi connectivity index (χ1) is 14.3. The Balaban J connectivity index is 1.51. The van der Waals surface area contributed by atoms with Gasteiger partial charge in [-0.1, -0.05) is 23.7 Å². The van der Waals surface area contributed by atoms with Crippen molar-refractivity contribution in [3.05, 3.63) is 58.1 Å². The summed E-state index contributed by atoms with van der Waals surface area (Å²) < 4.78 is 0. The van der Waals surface area contributed by atoms with Gasteiger partial charge >= 0.3 is 6.03 Å². The Hall–Kier alpha value is -2.73. The van der Waals surface area contributed by atoms with E-state index in [2.05, 4.69) is 22.5 Å². The maximum absolute atomic E-state index is 12.9. The summed E-state index contributed by atoms with van der Waals surface area (Å²) >= 11 is 6.22. The monoisotopic (exact) mass is 426 g/mol. The largest absolute Gasteiger partial charge is 0.348 e. The molecule has 0 aromatic heterocycles. The Morgan fingerprint density at radius 3 is 2.60 bits per heavy atom. The van der Waals surface area contributed by atoms with E-state index in [4.69, 9.17) is 11.6 Å². The van der Waals surface area contributed by atoms with Crippen LogP contribution in [-0.2, 0) is 0 Å². The molecule has 158 valence electrons. The predicted octanol–water partition coefficient (Wildman–Crippen LogP) is 4.55. The normalized spacial score (nSPS) is 17.5. The first kappa shape index (κ1) is 20.5. The van der Waals surface area contributed by atoms with Crippen LogP contribution in [0.15, 0.2) is 36.4 Å². The number of nitrogens with zero attached hydrogens (tertiary/aromatic N) is 2. The number of amides is 3. The number of urea groups is 1. The van der Waals surface area contributed by atoms with Crippen molar-refractivity contribution < 1.29 is 9.59 Å². The smallest absolute Gasteiger partial charge is 0.321 e. The third kappa shape index (κ3) is 3.60. The summed E-state index contributed by atoms with van der Waals surface area (Å²) in [5.74, 6) is -0.0837. The minimum atomic E-state index is -0.500. The van der Waals surface area contributed by atoms with Crippen molar-refractivity contribution in [1.82, 2.24) is 10.2 Å². The maximum Gasteiger partial charge on any atom is 0.321 e. The molecule has 2 aromatic rings. The standard InChI is InChI=1S/C23H27ClN4O2/c1-4-28-20-14-17(24)7-8-18(20)21(29)26-23(28)9-11-27(12-10-23)22(30)25-19-13-15(2)5-6-16(19)3/h5-8,13-14H,4,9-12H2,1-3H3,(H,25,30)(H,26,29). The molecule has 1 fully saturated rings. The summed E-state index contributed by atoms with van der Waals surface area (Å²) in [5, 5.41) is 6.87. The molecule has 7 heteroatoms. The summed E-state index contributed by atoms with van der Waals surface area (Å²) in [7, 11) is 0. The average molecular weight is 427 g/mol. The first-order valence-corrected chi connectivity index (χ1v) is 10.7. The van der Waals surface area contributed by atoms with Crippen molar-refractivity contribution in [1.29, 1.82) is 0 Å². The number of hydrogen-bond acceptors (Lipinski definition) is 3. The lowest BCUT2D eigenvalue weighted by molar-refractivity contribution is 0.0808. The zero-order valence-corrected chi connectivity index (χ0v) is 18.3. The van der Waals surface area contributed by atoms with E-state index in [1.54, 1.807) is 12.1 Å². The maximum atomic E-state index is 12.9. The third-order valence-electron chi connectivity index (χ3n) is 6.19. The lowest BCUT2D eigenvalue weighted by Gasteiger charge is -2.52. The molecule has 1 saturated heterocycles. The van der Waals surface area contributed by atoms with Gasteiger partial charge in [0, 0.05) is 43.2 Å². The van der Waals surface area contributed by atoms with Gasteiger partial charge in [0.2, 0.25) is 0 Å². The van der Waals surface area contributed by atoms with E-state index in [1.807, 2.05) is 43.0 Å². The second kappa shape index (κ2) is 7.84. The van der Waals surface area contributed by atoms with Crippen molar-refractivity contribution in [3.8, 4) is 0 Å². The van der Waals surface area contributed by atoms with E-state index in [-0.39, 0.29) is 11.9 Å². The van der Waals surface area contributed by atoms with Crippen molar-refractivity contribution >= 4 is 34.9 Å². The van der Waals surface area contributed by atoms with Gasteiger partial charge in [0.25, 0.3) is 5.91 Å². The van der Waals surface area contributed by atoms with Gasteiger partial charge in [0.15, 0.2) is 0 Å². The van der Waals surface area contributed by atoms with Gasteiger partial charge in [0.05, 0.1) is 11.3 Å². The lowest BCUT2D eigenvalue weighted by atomic mass is 9.90. The Kier molecular flexibility index (Phi) is 5.36. The van der Waals surface area contributed by atoms with Crippen LogP contribution in [0.3, 0.4) is 0 Å². The number of fused-ring (bicyclic) bond motifs is 1. The Labute approximate surface area is 182 Å². The van der Waals surface area contributed by atoms with Crippen LogP contribution in [0.25, 0.3) is 0 Å². The summed E-state index contributed by atoms with van der Waals surface area (Å²) in [5.41, 5.74) is 3.98. The van der Waals surface area contributed by atoms with Crippen LogP contribution in [0.4, 0.5) is 16.2 Å². The molecule has 0 bridgehead atoms. The highest BCUT2D eigenvalue weighted by molar-refractivity contribution is 6.31. The third-order valence-corrected chi connectivity index (χ3v) is 6.42. The Bertz CT molecular complexity index is 999. The molecule has 2 aliphatic heterocycles. The van der Waals surface area contributed by atoms with Gasteiger partial charge in [-0.15, -0.1) is 0 Å². The van der Waals surface area contributed by atoms with E-state index in [0.29, 0.717) is 36.5 Å². The molecule has 0 unspecified atom stereocenters. The molecule has 3 amide bonds. The Morgan fingerprint density at radius 2 is 1.90 bits per heavy atom. The summed E-state index contributed by atoms with van der Waals surface area (Å²) in [6.45, 7) is 7.92. The van der Waals surface area contributed by atoms with Gasteiger partial charge < -0.3 is 20.4 Å². The highest BCUT2D eigenvalue weighted by Crippen LogP contribution is 2.38. The van der Waals surface area contributed by atoms with Crippen molar-refractivity contribution in [2.75, 3.05) is 29.9 Å². The van der Waals surface area contributed by atoms with Crippen LogP contribution < -0.4 is 15.5 Å². The van der Waals surface area contributed by atoms with Gasteiger partial charge in [-0.05, 0) is 56.2 Å². The molecule has 1 spiro atoms. The summed E-state index contributed by atoms with van der Waals surface area (Å²) in [4.78, 5) is 29.7. The zero-order chi connectivity index (χ0) is 21.5. The van der Waals surface area contributed by atoms with Crippen LogP contribution in [0, 0.1) is 13.8 Å². The fourth-order valence-electron chi connectivity index (χ4n) is 4.51. The highest BCUT2D eigenvalue weighted by atomic mass is 35.5. The Morgan fingerprint density at radius 1 is 1.17 bits per heavy atom. The molecule has 4 rings (SSSR count). The fraction of sp³-hybridized carbons (Fsp3) is 0.391. The van der Waals surface area contributed by atoms with E-state index >= 15 is 0 Å². The van der Waals surface area contributed by atoms with Crippen molar-refractivity contribution in [3.63, 3.8) is 0 Å². The van der Waals surface area contributed by atoms with Gasteiger partial charge in [-0.2, -0.15) is 0 Å². The minimum absolute atomic E-state index is 0.0837.